The van der Waals surface area contributed by atoms with Crippen LogP contribution < -0.4 is 16.0 Å². The maximum Gasteiger partial charge on any atom is 0.494 e. The van der Waals surface area contributed by atoms with Gasteiger partial charge in [-0.1, -0.05) is 68.6 Å². The van der Waals surface area contributed by atoms with E-state index >= 15 is 0 Å². The molecule has 2 aromatic carbocycles. The Kier molecular flexibility index (Phi) is 6.81. The standard InChI is InChI=1S/C31H36BNO2/c1-9-11-13-29-23(4)22(3)28(12-10-2)33(29)27-20-16-25(17-21-27)24-14-18-26(19-15-24)32-34-30(5,6)31(7,8)35-32/h10-21H,2-3,9H2,1,4-8H3. The third kappa shape index (κ3) is 4.61. The Labute approximate surface area is 210 Å². The fourth-order valence-corrected chi connectivity index (χ4v) is 4.39. The Morgan fingerprint density at radius 1 is 0.914 bits per heavy atom. The second kappa shape index (κ2) is 9.52. The fraction of sp³-hybridized carbons (Fsp3) is 0.290. The molecule has 3 aromatic rings. The van der Waals surface area contributed by atoms with Crippen molar-refractivity contribution in [1.82, 2.24) is 4.57 Å². The van der Waals surface area contributed by atoms with Crippen LogP contribution in [0, 0.1) is 6.92 Å². The summed E-state index contributed by atoms with van der Waals surface area (Å²) >= 11 is 0. The first-order valence-electron chi connectivity index (χ1n) is 12.4. The third-order valence-electron chi connectivity index (χ3n) is 7.31. The van der Waals surface area contributed by atoms with Crippen LogP contribution in [0.5, 0.6) is 0 Å². The lowest BCUT2D eigenvalue weighted by molar-refractivity contribution is 0.00578. The van der Waals surface area contributed by atoms with E-state index in [0.29, 0.717) is 0 Å². The van der Waals surface area contributed by atoms with Gasteiger partial charge in [0.05, 0.1) is 16.6 Å². The van der Waals surface area contributed by atoms with Crippen molar-refractivity contribution in [2.45, 2.75) is 59.2 Å². The zero-order chi connectivity index (χ0) is 25.4. The van der Waals surface area contributed by atoms with Crippen LogP contribution in [0.15, 0.2) is 67.3 Å². The molecule has 1 aromatic heterocycles. The molecule has 0 radical (unpaired) electrons. The summed E-state index contributed by atoms with van der Waals surface area (Å²) in [6.45, 7) is 20.8. The van der Waals surface area contributed by atoms with Gasteiger partial charge in [0, 0.05) is 11.4 Å². The van der Waals surface area contributed by atoms with Gasteiger partial charge in [0.2, 0.25) is 0 Å². The quantitative estimate of drug-likeness (QED) is 0.446. The highest BCUT2D eigenvalue weighted by molar-refractivity contribution is 6.62. The Hall–Kier alpha value is -3.08. The number of nitrogens with zero attached hydrogens (tertiary/aromatic N) is 1. The van der Waals surface area contributed by atoms with Crippen molar-refractivity contribution in [3.63, 3.8) is 0 Å². The highest BCUT2D eigenvalue weighted by atomic mass is 16.7. The minimum absolute atomic E-state index is 0.343. The summed E-state index contributed by atoms with van der Waals surface area (Å²) in [5, 5.41) is 2.09. The molecule has 3 nitrogen and oxygen atoms in total. The SMILES string of the molecule is C=CC=c1c(=C)c(C)c(C=CCC)n1-c1ccc(-c2ccc(B3OC(C)(C)C(C)(C)O3)cc2)cc1. The van der Waals surface area contributed by atoms with Gasteiger partial charge in [-0.25, -0.2) is 0 Å². The first kappa shape index (κ1) is 25.0. The second-order valence-electron chi connectivity index (χ2n) is 10.2. The van der Waals surface area contributed by atoms with E-state index in [1.807, 2.05) is 12.2 Å². The van der Waals surface area contributed by atoms with Crippen molar-refractivity contribution < 1.29 is 9.31 Å². The highest BCUT2D eigenvalue weighted by Crippen LogP contribution is 2.36. The largest absolute Gasteiger partial charge is 0.494 e. The molecule has 4 rings (SSSR count). The third-order valence-corrected chi connectivity index (χ3v) is 7.31. The van der Waals surface area contributed by atoms with Crippen LogP contribution >= 0.6 is 0 Å². The van der Waals surface area contributed by atoms with Crippen molar-refractivity contribution in [2.24, 2.45) is 0 Å². The van der Waals surface area contributed by atoms with Gasteiger partial charge < -0.3 is 13.9 Å². The lowest BCUT2D eigenvalue weighted by Gasteiger charge is -2.32. The van der Waals surface area contributed by atoms with E-state index in [0.717, 1.165) is 45.0 Å². The Morgan fingerprint density at radius 2 is 1.46 bits per heavy atom. The van der Waals surface area contributed by atoms with E-state index in [-0.39, 0.29) is 18.3 Å². The van der Waals surface area contributed by atoms with Gasteiger partial charge >= 0.3 is 7.12 Å². The molecule has 0 spiro atoms. The maximum atomic E-state index is 6.20. The van der Waals surface area contributed by atoms with Crippen LogP contribution in [-0.4, -0.2) is 22.9 Å². The molecule has 1 saturated heterocycles. The molecule has 0 unspecified atom stereocenters. The average Bonchev–Trinajstić information content (AvgIpc) is 3.20. The van der Waals surface area contributed by atoms with Crippen molar-refractivity contribution in [3.05, 3.63) is 89.1 Å². The molecule has 35 heavy (non-hydrogen) atoms. The zero-order valence-electron chi connectivity index (χ0n) is 21.9. The Bertz CT molecular complexity index is 1340. The molecule has 0 aliphatic carbocycles. The van der Waals surface area contributed by atoms with Crippen LogP contribution in [-0.2, 0) is 9.31 Å². The number of hydrogen-bond donors (Lipinski definition) is 0. The number of benzene rings is 2. The zero-order valence-corrected chi connectivity index (χ0v) is 21.9. The molecule has 0 bridgehead atoms. The van der Waals surface area contributed by atoms with Crippen molar-refractivity contribution in [2.75, 3.05) is 0 Å². The lowest BCUT2D eigenvalue weighted by atomic mass is 9.78. The van der Waals surface area contributed by atoms with Gasteiger partial charge in [-0.3, -0.25) is 0 Å². The van der Waals surface area contributed by atoms with Gasteiger partial charge in [-0.05, 0) is 92.7 Å². The molecule has 2 heterocycles. The monoisotopic (exact) mass is 465 g/mol. The first-order chi connectivity index (χ1) is 16.6. The molecule has 0 N–H and O–H groups in total. The molecule has 0 atom stereocenters. The smallest absolute Gasteiger partial charge is 0.399 e. The van der Waals surface area contributed by atoms with E-state index in [1.54, 1.807) is 0 Å². The van der Waals surface area contributed by atoms with E-state index < -0.39 is 0 Å². The van der Waals surface area contributed by atoms with Crippen LogP contribution in [0.4, 0.5) is 0 Å². The molecule has 1 aliphatic heterocycles. The predicted octanol–water partition coefficient (Wildman–Crippen LogP) is 5.55. The van der Waals surface area contributed by atoms with Crippen LogP contribution in [0.25, 0.3) is 35.5 Å². The van der Waals surface area contributed by atoms with E-state index in [4.69, 9.17) is 9.31 Å². The van der Waals surface area contributed by atoms with Gasteiger partial charge in [0.1, 0.15) is 0 Å². The average molecular weight is 465 g/mol. The summed E-state index contributed by atoms with van der Waals surface area (Å²) in [4.78, 5) is 0. The van der Waals surface area contributed by atoms with Gasteiger partial charge in [0.15, 0.2) is 0 Å². The van der Waals surface area contributed by atoms with Crippen LogP contribution in [0.3, 0.4) is 0 Å². The summed E-state index contributed by atoms with van der Waals surface area (Å²) in [6, 6.07) is 17.1. The number of rotatable bonds is 6. The lowest BCUT2D eigenvalue weighted by Crippen LogP contribution is -2.41. The Morgan fingerprint density at radius 3 is 1.97 bits per heavy atom. The molecule has 4 heteroatoms. The normalized spacial score (nSPS) is 17.4. The molecule has 1 aliphatic rings. The highest BCUT2D eigenvalue weighted by Gasteiger charge is 2.51. The minimum atomic E-state index is -0.348. The Balaban J connectivity index is 1.65. The molecular formula is C31H36BNO2. The topological polar surface area (TPSA) is 23.4 Å². The summed E-state index contributed by atoms with van der Waals surface area (Å²) in [6.07, 6.45) is 9.21. The van der Waals surface area contributed by atoms with Crippen molar-refractivity contribution in [3.8, 4) is 16.8 Å². The molecule has 180 valence electrons. The van der Waals surface area contributed by atoms with Crippen LogP contribution in [0.2, 0.25) is 0 Å². The predicted molar refractivity (Wildman–Crippen MR) is 150 cm³/mol. The number of hydrogen-bond acceptors (Lipinski definition) is 2. The van der Waals surface area contributed by atoms with Crippen molar-refractivity contribution >= 4 is 31.3 Å². The van der Waals surface area contributed by atoms with E-state index in [1.165, 1.54) is 5.56 Å². The maximum absolute atomic E-state index is 6.20. The molecule has 1 fully saturated rings. The van der Waals surface area contributed by atoms with Crippen LogP contribution in [0.1, 0.15) is 52.3 Å². The van der Waals surface area contributed by atoms with Gasteiger partial charge in [-0.2, -0.15) is 0 Å². The van der Waals surface area contributed by atoms with Gasteiger partial charge in [-0.15, -0.1) is 0 Å². The van der Waals surface area contributed by atoms with E-state index in [2.05, 4.69) is 120 Å². The number of aromatic nitrogens is 1. The van der Waals surface area contributed by atoms with Crippen molar-refractivity contribution in [1.29, 1.82) is 0 Å². The fourth-order valence-electron chi connectivity index (χ4n) is 4.39. The minimum Gasteiger partial charge on any atom is -0.399 e. The summed E-state index contributed by atoms with van der Waals surface area (Å²) in [5.41, 5.74) is 6.11. The van der Waals surface area contributed by atoms with E-state index in [9.17, 15) is 0 Å². The summed E-state index contributed by atoms with van der Waals surface area (Å²) in [5.74, 6) is 0. The van der Waals surface area contributed by atoms with Gasteiger partial charge in [0.25, 0.3) is 0 Å². The summed E-state index contributed by atoms with van der Waals surface area (Å²) in [7, 11) is -0.348. The number of allylic oxidation sites excluding steroid dienone is 2. The second-order valence-corrected chi connectivity index (χ2v) is 10.2. The molecule has 0 saturated carbocycles. The summed E-state index contributed by atoms with van der Waals surface area (Å²) < 4.78 is 14.7. The first-order valence-corrected chi connectivity index (χ1v) is 12.4. The molecule has 0 amide bonds. The molecular weight excluding hydrogens is 429 g/mol.